The minimum Gasteiger partial charge on any atom is -0.429 e. The maximum absolute atomic E-state index is 15.1. The van der Waals surface area contributed by atoms with Crippen LogP contribution in [0.3, 0.4) is 0 Å². The van der Waals surface area contributed by atoms with Crippen molar-refractivity contribution in [2.75, 3.05) is 0 Å². The second-order valence-corrected chi connectivity index (χ2v) is 7.06. The molecule has 0 saturated carbocycles. The molecule has 0 aliphatic carbocycles. The molecule has 0 N–H and O–H groups in total. The lowest BCUT2D eigenvalue weighted by molar-refractivity contribution is -0.0546. The van der Waals surface area contributed by atoms with Crippen LogP contribution in [0.2, 0.25) is 0 Å². The number of benzene rings is 4. The van der Waals surface area contributed by atoms with Crippen LogP contribution in [0.25, 0.3) is 33.0 Å². The highest BCUT2D eigenvalue weighted by atomic mass is 19.3. The van der Waals surface area contributed by atoms with E-state index in [1.165, 1.54) is 0 Å². The number of ether oxygens (including phenoxy) is 1. The van der Waals surface area contributed by atoms with E-state index in [4.69, 9.17) is 0 Å². The van der Waals surface area contributed by atoms with Crippen LogP contribution in [0.4, 0.5) is 22.0 Å². The van der Waals surface area contributed by atoms with Gasteiger partial charge >= 0.3 is 6.61 Å². The third-order valence-electron chi connectivity index (χ3n) is 5.16. The first kappa shape index (κ1) is 20.8. The summed E-state index contributed by atoms with van der Waals surface area (Å²) in [5.74, 6) is -3.93. The fraction of sp³-hybridized carbons (Fsp3) is 0.120. The van der Waals surface area contributed by atoms with Gasteiger partial charge in [0, 0.05) is 10.9 Å². The zero-order valence-electron chi connectivity index (χ0n) is 16.4. The molecule has 0 fully saturated rings. The summed E-state index contributed by atoms with van der Waals surface area (Å²) in [5.41, 5.74) is 2.71. The Bertz CT molecular complexity index is 1230. The Morgan fingerprint density at radius 3 is 2.00 bits per heavy atom. The number of hydrogen-bond donors (Lipinski definition) is 0. The third-order valence-corrected chi connectivity index (χ3v) is 5.16. The molecule has 0 saturated heterocycles. The highest BCUT2D eigenvalue weighted by molar-refractivity contribution is 5.89. The predicted octanol–water partition coefficient (Wildman–Crippen LogP) is 7.75. The number of aryl methyl sites for hydroxylation is 1. The summed E-state index contributed by atoms with van der Waals surface area (Å²) in [7, 11) is 0. The summed E-state index contributed by atoms with van der Waals surface area (Å²) in [6.07, 6.45) is 0.858. The first-order valence-electron chi connectivity index (χ1n) is 9.63. The number of hydrogen-bond acceptors (Lipinski definition) is 1. The van der Waals surface area contributed by atoms with E-state index in [1.807, 2.05) is 25.1 Å². The second-order valence-electron chi connectivity index (χ2n) is 7.06. The number of fused-ring (bicyclic) bond motifs is 1. The zero-order valence-corrected chi connectivity index (χ0v) is 16.4. The van der Waals surface area contributed by atoms with Crippen LogP contribution >= 0.6 is 0 Å². The van der Waals surface area contributed by atoms with Gasteiger partial charge in [0.1, 0.15) is 5.82 Å². The summed E-state index contributed by atoms with van der Waals surface area (Å²) in [4.78, 5) is 0. The van der Waals surface area contributed by atoms with Gasteiger partial charge in [0.15, 0.2) is 17.4 Å². The van der Waals surface area contributed by atoms with Crippen molar-refractivity contribution in [3.63, 3.8) is 0 Å². The molecule has 0 radical (unpaired) electrons. The van der Waals surface area contributed by atoms with Crippen LogP contribution in [0.15, 0.2) is 66.7 Å². The van der Waals surface area contributed by atoms with Crippen molar-refractivity contribution < 1.29 is 26.7 Å². The smallest absolute Gasteiger partial charge is 0.387 e. The van der Waals surface area contributed by atoms with Crippen LogP contribution < -0.4 is 4.74 Å². The Morgan fingerprint density at radius 2 is 1.39 bits per heavy atom. The molecule has 0 bridgehead atoms. The Kier molecular flexibility index (Phi) is 5.63. The molecule has 158 valence electrons. The van der Waals surface area contributed by atoms with Crippen LogP contribution in [0.1, 0.15) is 12.5 Å². The molecule has 4 aromatic carbocycles. The Hall–Kier alpha value is -3.41. The monoisotopic (exact) mass is 428 g/mol. The Labute approximate surface area is 175 Å². The van der Waals surface area contributed by atoms with Gasteiger partial charge in [-0.05, 0) is 46.2 Å². The molecule has 0 unspecified atom stereocenters. The summed E-state index contributed by atoms with van der Waals surface area (Å²) in [6, 6.07) is 17.4. The largest absolute Gasteiger partial charge is 0.429 e. The van der Waals surface area contributed by atoms with Gasteiger partial charge in [-0.1, -0.05) is 61.5 Å². The summed E-state index contributed by atoms with van der Waals surface area (Å²) in [6.45, 7) is -1.30. The molecule has 0 atom stereocenters. The van der Waals surface area contributed by atoms with Crippen LogP contribution in [-0.2, 0) is 6.42 Å². The first-order chi connectivity index (χ1) is 14.9. The van der Waals surface area contributed by atoms with Crippen molar-refractivity contribution in [1.82, 2.24) is 0 Å². The molecule has 6 heteroatoms. The average molecular weight is 428 g/mol. The van der Waals surface area contributed by atoms with Crippen molar-refractivity contribution >= 4 is 10.8 Å². The topological polar surface area (TPSA) is 9.23 Å². The Balaban J connectivity index is 1.68. The number of alkyl halides is 2. The van der Waals surface area contributed by atoms with E-state index in [-0.39, 0.29) is 11.4 Å². The average Bonchev–Trinajstić information content (AvgIpc) is 2.76. The minimum atomic E-state index is -3.33. The van der Waals surface area contributed by atoms with Gasteiger partial charge in [-0.25, -0.2) is 13.2 Å². The lowest BCUT2D eigenvalue weighted by Gasteiger charge is -2.11. The van der Waals surface area contributed by atoms with E-state index in [9.17, 15) is 17.6 Å². The Morgan fingerprint density at radius 1 is 0.742 bits per heavy atom. The minimum absolute atomic E-state index is 0.147. The molecule has 0 aliphatic rings. The fourth-order valence-corrected chi connectivity index (χ4v) is 3.55. The molecule has 0 amide bonds. The van der Waals surface area contributed by atoms with Gasteiger partial charge in [0.25, 0.3) is 0 Å². The molecule has 1 nitrogen and oxygen atoms in total. The van der Waals surface area contributed by atoms with E-state index in [1.54, 1.807) is 36.4 Å². The molecule has 0 spiro atoms. The van der Waals surface area contributed by atoms with Crippen molar-refractivity contribution in [3.05, 3.63) is 89.7 Å². The highest BCUT2D eigenvalue weighted by Gasteiger charge is 2.17. The molecular formula is C25H17F5O. The maximum Gasteiger partial charge on any atom is 0.387 e. The second kappa shape index (κ2) is 8.38. The molecular weight excluding hydrogens is 411 g/mol. The first-order valence-corrected chi connectivity index (χ1v) is 9.63. The van der Waals surface area contributed by atoms with Gasteiger partial charge in [0.2, 0.25) is 0 Å². The highest BCUT2D eigenvalue weighted by Crippen LogP contribution is 2.33. The van der Waals surface area contributed by atoms with Crippen molar-refractivity contribution in [1.29, 1.82) is 0 Å². The standard InChI is InChI=1S/C25H17F5O/c1-2-14-3-9-20-17(11-14)8-10-19(23(20)28)16-6-4-15(5-7-16)18-12-21(26)24(22(27)13-18)31-25(29)30/h3-13,25H,2H2,1H3. The summed E-state index contributed by atoms with van der Waals surface area (Å²) >= 11 is 0. The SMILES string of the molecule is CCc1ccc2c(F)c(-c3ccc(-c4cc(F)c(OC(F)F)c(F)c4)cc3)ccc2c1. The molecule has 31 heavy (non-hydrogen) atoms. The number of halogens is 5. The quantitative estimate of drug-likeness (QED) is 0.295. The van der Waals surface area contributed by atoms with Gasteiger partial charge in [0.05, 0.1) is 0 Å². The molecule has 4 rings (SSSR count). The molecule has 4 aromatic rings. The van der Waals surface area contributed by atoms with Crippen molar-refractivity contribution in [3.8, 4) is 28.0 Å². The van der Waals surface area contributed by atoms with E-state index in [0.29, 0.717) is 22.1 Å². The van der Waals surface area contributed by atoms with Crippen LogP contribution in [0.5, 0.6) is 5.75 Å². The van der Waals surface area contributed by atoms with Gasteiger partial charge < -0.3 is 4.74 Å². The van der Waals surface area contributed by atoms with E-state index in [2.05, 4.69) is 4.74 Å². The summed E-state index contributed by atoms with van der Waals surface area (Å²) in [5, 5.41) is 1.33. The molecule has 0 aromatic heterocycles. The normalized spacial score (nSPS) is 11.3. The fourth-order valence-electron chi connectivity index (χ4n) is 3.55. The molecule has 0 heterocycles. The third kappa shape index (κ3) is 4.10. The predicted molar refractivity (Wildman–Crippen MR) is 111 cm³/mol. The molecule has 0 aliphatic heterocycles. The zero-order chi connectivity index (χ0) is 22.1. The van der Waals surface area contributed by atoms with Crippen molar-refractivity contribution in [2.24, 2.45) is 0 Å². The lowest BCUT2D eigenvalue weighted by atomic mass is 9.96. The van der Waals surface area contributed by atoms with Gasteiger partial charge in [-0.15, -0.1) is 0 Å². The van der Waals surface area contributed by atoms with E-state index < -0.39 is 24.0 Å². The van der Waals surface area contributed by atoms with Crippen LogP contribution in [0, 0.1) is 17.5 Å². The van der Waals surface area contributed by atoms with Gasteiger partial charge in [-0.3, -0.25) is 0 Å². The summed E-state index contributed by atoms with van der Waals surface area (Å²) < 4.78 is 71.6. The number of rotatable bonds is 5. The lowest BCUT2D eigenvalue weighted by Crippen LogP contribution is -2.06. The van der Waals surface area contributed by atoms with Gasteiger partial charge in [-0.2, -0.15) is 8.78 Å². The van der Waals surface area contributed by atoms with Crippen molar-refractivity contribution in [2.45, 2.75) is 20.0 Å². The maximum atomic E-state index is 15.1. The van der Waals surface area contributed by atoms with E-state index >= 15 is 4.39 Å². The van der Waals surface area contributed by atoms with Crippen LogP contribution in [-0.4, -0.2) is 6.61 Å². The van der Waals surface area contributed by atoms with E-state index in [0.717, 1.165) is 29.5 Å².